The smallest absolute Gasteiger partial charge is 0.258 e. The monoisotopic (exact) mass is 363 g/mol. The van der Waals surface area contributed by atoms with E-state index in [-0.39, 0.29) is 5.69 Å². The van der Waals surface area contributed by atoms with Crippen LogP contribution in [0.1, 0.15) is 5.56 Å². The number of rotatable bonds is 5. The lowest BCUT2D eigenvalue weighted by molar-refractivity contribution is -0.384. The number of hydrogen-bond donors (Lipinski definition) is 0. The molecule has 0 spiro atoms. The van der Waals surface area contributed by atoms with Crippen molar-refractivity contribution in [3.63, 3.8) is 0 Å². The first-order chi connectivity index (χ1) is 12.7. The third kappa shape index (κ3) is 3.14. The van der Waals surface area contributed by atoms with E-state index < -0.39 is 4.92 Å². The number of nitro groups is 1. The summed E-state index contributed by atoms with van der Waals surface area (Å²) in [5.74, 6) is 0.653. The molecular weight excluding hydrogens is 350 g/mol. The quantitative estimate of drug-likeness (QED) is 0.230. The Bertz CT molecular complexity index is 1060. The molecule has 0 aliphatic heterocycles. The van der Waals surface area contributed by atoms with Crippen molar-refractivity contribution in [3.05, 3.63) is 82.8 Å². The Labute approximate surface area is 152 Å². The third-order valence-corrected chi connectivity index (χ3v) is 4.93. The average Bonchev–Trinajstić information content (AvgIpc) is 3.12. The van der Waals surface area contributed by atoms with Gasteiger partial charge in [0.1, 0.15) is 11.4 Å². The van der Waals surface area contributed by atoms with Gasteiger partial charge in [-0.3, -0.25) is 10.1 Å². The van der Waals surface area contributed by atoms with Gasteiger partial charge in [0.2, 0.25) is 0 Å². The Kier molecular flexibility index (Phi) is 4.32. The van der Waals surface area contributed by atoms with Crippen LogP contribution in [0.15, 0.2) is 72.1 Å². The van der Waals surface area contributed by atoms with Crippen LogP contribution in [0, 0.1) is 10.1 Å². The molecule has 0 aliphatic rings. The Morgan fingerprint density at radius 3 is 2.54 bits per heavy atom. The van der Waals surface area contributed by atoms with Crippen LogP contribution in [-0.4, -0.2) is 24.7 Å². The molecule has 0 saturated carbocycles. The summed E-state index contributed by atoms with van der Waals surface area (Å²) >= 11 is 1.55. The highest BCUT2D eigenvalue weighted by atomic mass is 32.2. The maximum atomic E-state index is 10.7. The van der Waals surface area contributed by atoms with Crippen molar-refractivity contribution >= 4 is 28.5 Å². The van der Waals surface area contributed by atoms with Gasteiger partial charge in [0.05, 0.1) is 22.2 Å². The summed E-state index contributed by atoms with van der Waals surface area (Å²) in [4.78, 5) is 19.1. The van der Waals surface area contributed by atoms with Gasteiger partial charge in [0, 0.05) is 17.9 Å². The SMILES string of the molecule is O=[N+]([O-])c1ccc(CSc2ncnc3c2cnn3-c2ccccc2)cc1. The van der Waals surface area contributed by atoms with E-state index in [1.807, 2.05) is 30.3 Å². The summed E-state index contributed by atoms with van der Waals surface area (Å²) in [6, 6.07) is 16.3. The largest absolute Gasteiger partial charge is 0.269 e. The van der Waals surface area contributed by atoms with Crippen LogP contribution < -0.4 is 0 Å². The predicted molar refractivity (Wildman–Crippen MR) is 99.3 cm³/mol. The fourth-order valence-electron chi connectivity index (χ4n) is 2.56. The van der Waals surface area contributed by atoms with E-state index in [4.69, 9.17) is 0 Å². The van der Waals surface area contributed by atoms with Crippen LogP contribution in [-0.2, 0) is 5.75 Å². The van der Waals surface area contributed by atoms with Crippen molar-refractivity contribution in [1.29, 1.82) is 0 Å². The van der Waals surface area contributed by atoms with Gasteiger partial charge in [-0.05, 0) is 17.7 Å². The zero-order valence-electron chi connectivity index (χ0n) is 13.5. The summed E-state index contributed by atoms with van der Waals surface area (Å²) in [5, 5.41) is 16.9. The zero-order chi connectivity index (χ0) is 17.9. The lowest BCUT2D eigenvalue weighted by atomic mass is 10.2. The fourth-order valence-corrected chi connectivity index (χ4v) is 3.48. The van der Waals surface area contributed by atoms with E-state index in [0.717, 1.165) is 27.3 Å². The molecule has 26 heavy (non-hydrogen) atoms. The number of fused-ring (bicyclic) bond motifs is 1. The predicted octanol–water partition coefficient (Wildman–Crippen LogP) is 4.02. The van der Waals surface area contributed by atoms with E-state index in [1.54, 1.807) is 34.8 Å². The normalized spacial score (nSPS) is 10.9. The van der Waals surface area contributed by atoms with Gasteiger partial charge >= 0.3 is 0 Å². The summed E-state index contributed by atoms with van der Waals surface area (Å²) < 4.78 is 1.78. The van der Waals surface area contributed by atoms with Gasteiger partial charge in [0.15, 0.2) is 5.65 Å². The van der Waals surface area contributed by atoms with E-state index in [0.29, 0.717) is 5.75 Å². The second-order valence-electron chi connectivity index (χ2n) is 5.52. The molecule has 2 aromatic heterocycles. The number of para-hydroxylation sites is 1. The van der Waals surface area contributed by atoms with E-state index in [2.05, 4.69) is 15.1 Å². The van der Waals surface area contributed by atoms with Crippen LogP contribution in [0.5, 0.6) is 0 Å². The number of hydrogen-bond acceptors (Lipinski definition) is 6. The topological polar surface area (TPSA) is 86.7 Å². The summed E-state index contributed by atoms with van der Waals surface area (Å²) in [7, 11) is 0. The second kappa shape index (κ2) is 6.93. The molecule has 4 aromatic rings. The molecule has 0 bridgehead atoms. The fraction of sp³-hybridized carbons (Fsp3) is 0.0556. The molecule has 7 nitrogen and oxygen atoms in total. The Morgan fingerprint density at radius 1 is 1.04 bits per heavy atom. The number of nitro benzene ring substituents is 1. The van der Waals surface area contributed by atoms with Crippen LogP contribution >= 0.6 is 11.8 Å². The first-order valence-electron chi connectivity index (χ1n) is 7.82. The Hall–Kier alpha value is -3.26. The van der Waals surface area contributed by atoms with E-state index in [9.17, 15) is 10.1 Å². The van der Waals surface area contributed by atoms with Gasteiger partial charge in [-0.2, -0.15) is 5.10 Å². The molecule has 0 fully saturated rings. The number of nitrogens with zero attached hydrogens (tertiary/aromatic N) is 5. The first-order valence-corrected chi connectivity index (χ1v) is 8.81. The third-order valence-electron chi connectivity index (χ3n) is 3.85. The standard InChI is InChI=1S/C18H13N5O2S/c24-23(25)15-8-6-13(7-9-15)11-26-18-16-10-21-22(17(16)19-12-20-18)14-4-2-1-3-5-14/h1-10,12H,11H2. The number of benzene rings is 2. The van der Waals surface area contributed by atoms with Gasteiger partial charge < -0.3 is 0 Å². The molecule has 4 rings (SSSR count). The van der Waals surface area contributed by atoms with Crippen LogP contribution in [0.2, 0.25) is 0 Å². The molecule has 128 valence electrons. The van der Waals surface area contributed by atoms with E-state index >= 15 is 0 Å². The molecule has 0 N–H and O–H groups in total. The molecule has 2 aromatic carbocycles. The maximum Gasteiger partial charge on any atom is 0.269 e. The molecule has 8 heteroatoms. The van der Waals surface area contributed by atoms with Gasteiger partial charge in [0.25, 0.3) is 5.69 Å². The summed E-state index contributed by atoms with van der Waals surface area (Å²) in [5.41, 5.74) is 2.76. The second-order valence-corrected chi connectivity index (χ2v) is 6.48. The molecule has 0 amide bonds. The number of thioether (sulfide) groups is 1. The van der Waals surface area contributed by atoms with Crippen molar-refractivity contribution in [2.45, 2.75) is 10.8 Å². The molecule has 0 aliphatic carbocycles. The lowest BCUT2D eigenvalue weighted by Gasteiger charge is -2.04. The molecule has 0 unspecified atom stereocenters. The maximum absolute atomic E-state index is 10.7. The number of aromatic nitrogens is 4. The Morgan fingerprint density at radius 2 is 1.81 bits per heavy atom. The minimum Gasteiger partial charge on any atom is -0.258 e. The molecular formula is C18H13N5O2S. The minimum absolute atomic E-state index is 0.0901. The molecule has 0 saturated heterocycles. The first kappa shape index (κ1) is 16.2. The van der Waals surface area contributed by atoms with Crippen LogP contribution in [0.4, 0.5) is 5.69 Å². The van der Waals surface area contributed by atoms with Crippen LogP contribution in [0.3, 0.4) is 0 Å². The summed E-state index contributed by atoms with van der Waals surface area (Å²) in [6.45, 7) is 0. The Balaban J connectivity index is 1.59. The zero-order valence-corrected chi connectivity index (χ0v) is 14.3. The van der Waals surface area contributed by atoms with Gasteiger partial charge in [-0.1, -0.05) is 30.3 Å². The van der Waals surface area contributed by atoms with Crippen molar-refractivity contribution in [1.82, 2.24) is 19.7 Å². The highest BCUT2D eigenvalue weighted by Crippen LogP contribution is 2.28. The van der Waals surface area contributed by atoms with Crippen LogP contribution in [0.25, 0.3) is 16.7 Å². The van der Waals surface area contributed by atoms with Gasteiger partial charge in [-0.25, -0.2) is 14.6 Å². The van der Waals surface area contributed by atoms with Crippen molar-refractivity contribution in [2.24, 2.45) is 0 Å². The molecule has 2 heterocycles. The highest BCUT2D eigenvalue weighted by molar-refractivity contribution is 7.98. The lowest BCUT2D eigenvalue weighted by Crippen LogP contribution is -1.97. The van der Waals surface area contributed by atoms with E-state index in [1.165, 1.54) is 18.5 Å². The highest BCUT2D eigenvalue weighted by Gasteiger charge is 2.12. The van der Waals surface area contributed by atoms with Crippen molar-refractivity contribution in [2.75, 3.05) is 0 Å². The summed E-state index contributed by atoms with van der Waals surface area (Å²) in [6.07, 6.45) is 3.29. The average molecular weight is 363 g/mol. The van der Waals surface area contributed by atoms with Gasteiger partial charge in [-0.15, -0.1) is 11.8 Å². The van der Waals surface area contributed by atoms with Crippen molar-refractivity contribution < 1.29 is 4.92 Å². The van der Waals surface area contributed by atoms with Crippen molar-refractivity contribution in [3.8, 4) is 5.69 Å². The minimum atomic E-state index is -0.400. The molecule has 0 radical (unpaired) electrons. The number of non-ortho nitro benzene ring substituents is 1. The molecule has 0 atom stereocenters.